The van der Waals surface area contributed by atoms with Crippen molar-refractivity contribution in [3.8, 4) is 6.07 Å². The first-order valence-electron chi connectivity index (χ1n) is 3.90. The number of nitrogens with zero attached hydrogens (tertiary/aromatic N) is 1. The summed E-state index contributed by atoms with van der Waals surface area (Å²) in [5.74, 6) is -0.320. The van der Waals surface area contributed by atoms with Gasteiger partial charge in [0.15, 0.2) is 0 Å². The molecule has 12 heavy (non-hydrogen) atoms. The number of halogens is 1. The fourth-order valence-corrected chi connectivity index (χ4v) is 0.662. The molecule has 1 aromatic rings. The monoisotopic (exact) mass is 165 g/mol. The molecule has 0 aliphatic rings. The Morgan fingerprint density at radius 1 is 1.33 bits per heavy atom. The fourth-order valence-electron chi connectivity index (χ4n) is 0.662. The van der Waals surface area contributed by atoms with Gasteiger partial charge in [0.25, 0.3) is 0 Å². The molecule has 0 atom stereocenters. The van der Waals surface area contributed by atoms with E-state index in [1.54, 1.807) is 19.1 Å². The van der Waals surface area contributed by atoms with Crippen LogP contribution in [0.2, 0.25) is 0 Å². The summed E-state index contributed by atoms with van der Waals surface area (Å²) in [6, 6.07) is 6.27. The van der Waals surface area contributed by atoms with Crippen LogP contribution in [-0.2, 0) is 0 Å². The van der Waals surface area contributed by atoms with E-state index in [-0.39, 0.29) is 5.82 Å². The highest BCUT2D eigenvalue weighted by molar-refractivity contribution is 5.32. The van der Waals surface area contributed by atoms with Crippen LogP contribution in [0.1, 0.15) is 25.0 Å². The van der Waals surface area contributed by atoms with E-state index in [2.05, 4.69) is 0 Å². The summed E-state index contributed by atoms with van der Waals surface area (Å²) in [5.41, 5.74) is 0.933. The molecule has 0 unspecified atom stereocenters. The van der Waals surface area contributed by atoms with Gasteiger partial charge in [-0.15, -0.1) is 0 Å². The van der Waals surface area contributed by atoms with E-state index in [0.717, 1.165) is 0 Å². The van der Waals surface area contributed by atoms with Crippen molar-refractivity contribution in [1.82, 2.24) is 0 Å². The molecule has 0 N–H and O–H groups in total. The van der Waals surface area contributed by atoms with Crippen LogP contribution in [-0.4, -0.2) is 0 Å². The molecule has 64 valence electrons. The van der Waals surface area contributed by atoms with Crippen LogP contribution in [0.3, 0.4) is 0 Å². The second-order valence-electron chi connectivity index (χ2n) is 2.08. The van der Waals surface area contributed by atoms with Gasteiger partial charge in [-0.2, -0.15) is 5.26 Å². The fraction of sp³-hybridized carbons (Fsp3) is 0.300. The third-order valence-corrected chi connectivity index (χ3v) is 1.30. The van der Waals surface area contributed by atoms with Crippen molar-refractivity contribution in [3.63, 3.8) is 0 Å². The number of aryl methyl sites for hydroxylation is 1. The maximum Gasteiger partial charge on any atom is 0.127 e. The Morgan fingerprint density at radius 2 is 1.92 bits per heavy atom. The second-order valence-corrected chi connectivity index (χ2v) is 2.08. The zero-order chi connectivity index (χ0) is 9.56. The average Bonchev–Trinajstić information content (AvgIpc) is 2.13. The molecule has 1 aromatic carbocycles. The van der Waals surface area contributed by atoms with Gasteiger partial charge in [-0.05, 0) is 24.6 Å². The number of benzene rings is 1. The summed E-state index contributed by atoms with van der Waals surface area (Å²) in [4.78, 5) is 0. The topological polar surface area (TPSA) is 23.8 Å². The van der Waals surface area contributed by atoms with Gasteiger partial charge >= 0.3 is 0 Å². The molecule has 0 radical (unpaired) electrons. The van der Waals surface area contributed by atoms with Crippen molar-refractivity contribution in [2.24, 2.45) is 0 Å². The maximum atomic E-state index is 12.6. The van der Waals surface area contributed by atoms with Crippen molar-refractivity contribution < 1.29 is 4.39 Å². The van der Waals surface area contributed by atoms with Crippen LogP contribution in [0, 0.1) is 24.1 Å². The standard InChI is InChI=1S/C8H6FN.C2H6/c1-6-2-3-7(5-10)4-8(6)9;1-2/h2-4H,1H3;1-2H3. The number of hydrogen-bond acceptors (Lipinski definition) is 1. The Balaban J connectivity index is 0.000000561. The van der Waals surface area contributed by atoms with Crippen molar-refractivity contribution in [1.29, 1.82) is 5.26 Å². The first kappa shape index (κ1) is 10.6. The molecule has 0 heterocycles. The summed E-state index contributed by atoms with van der Waals surface area (Å²) in [6.07, 6.45) is 0. The second kappa shape index (κ2) is 5.31. The van der Waals surface area contributed by atoms with E-state index >= 15 is 0 Å². The van der Waals surface area contributed by atoms with Gasteiger partial charge in [-0.25, -0.2) is 4.39 Å². The average molecular weight is 165 g/mol. The molecule has 0 aliphatic heterocycles. The summed E-state index contributed by atoms with van der Waals surface area (Å²) in [5, 5.41) is 8.34. The van der Waals surface area contributed by atoms with E-state index in [0.29, 0.717) is 11.1 Å². The molecule has 1 rings (SSSR count). The van der Waals surface area contributed by atoms with Gasteiger partial charge in [0.05, 0.1) is 11.6 Å². The van der Waals surface area contributed by atoms with E-state index in [9.17, 15) is 4.39 Å². The highest BCUT2D eigenvalue weighted by Gasteiger charge is 1.96. The summed E-state index contributed by atoms with van der Waals surface area (Å²) >= 11 is 0. The van der Waals surface area contributed by atoms with Gasteiger partial charge < -0.3 is 0 Å². The first-order chi connectivity index (χ1) is 5.74. The molecule has 2 heteroatoms. The smallest absolute Gasteiger partial charge is 0.127 e. The third-order valence-electron chi connectivity index (χ3n) is 1.30. The summed E-state index contributed by atoms with van der Waals surface area (Å²) < 4.78 is 12.6. The Bertz CT molecular complexity index is 286. The lowest BCUT2D eigenvalue weighted by atomic mass is 10.1. The van der Waals surface area contributed by atoms with Gasteiger partial charge in [-0.3, -0.25) is 0 Å². The van der Waals surface area contributed by atoms with E-state index in [1.807, 2.05) is 19.9 Å². The largest absolute Gasteiger partial charge is 0.207 e. The molecule has 1 nitrogen and oxygen atoms in total. The predicted molar refractivity (Wildman–Crippen MR) is 47.2 cm³/mol. The van der Waals surface area contributed by atoms with Gasteiger partial charge in [0, 0.05) is 0 Å². The van der Waals surface area contributed by atoms with Crippen LogP contribution in [0.25, 0.3) is 0 Å². The molecule has 0 fully saturated rings. The number of hydrogen-bond donors (Lipinski definition) is 0. The normalized spacial score (nSPS) is 7.92. The maximum absolute atomic E-state index is 12.6. The highest BCUT2D eigenvalue weighted by Crippen LogP contribution is 2.07. The molecule has 0 amide bonds. The first-order valence-corrected chi connectivity index (χ1v) is 3.90. The lowest BCUT2D eigenvalue weighted by Crippen LogP contribution is -1.82. The Morgan fingerprint density at radius 3 is 2.33 bits per heavy atom. The summed E-state index contributed by atoms with van der Waals surface area (Å²) in [7, 11) is 0. The van der Waals surface area contributed by atoms with Crippen molar-refractivity contribution in [2.75, 3.05) is 0 Å². The Labute approximate surface area is 72.5 Å². The van der Waals surface area contributed by atoms with Crippen LogP contribution in [0.15, 0.2) is 18.2 Å². The predicted octanol–water partition coefficient (Wildman–Crippen LogP) is 3.03. The Kier molecular flexibility index (Phi) is 4.71. The lowest BCUT2D eigenvalue weighted by Gasteiger charge is -1.93. The third kappa shape index (κ3) is 2.71. The molecular formula is C10H12FN. The minimum atomic E-state index is -0.320. The summed E-state index contributed by atoms with van der Waals surface area (Å²) in [6.45, 7) is 5.66. The highest BCUT2D eigenvalue weighted by atomic mass is 19.1. The van der Waals surface area contributed by atoms with Crippen LogP contribution in [0.4, 0.5) is 4.39 Å². The van der Waals surface area contributed by atoms with E-state index < -0.39 is 0 Å². The van der Waals surface area contributed by atoms with Crippen LogP contribution < -0.4 is 0 Å². The zero-order valence-electron chi connectivity index (χ0n) is 7.56. The van der Waals surface area contributed by atoms with Gasteiger partial charge in [0.2, 0.25) is 0 Å². The van der Waals surface area contributed by atoms with Crippen molar-refractivity contribution >= 4 is 0 Å². The Hall–Kier alpha value is -1.36. The van der Waals surface area contributed by atoms with Gasteiger partial charge in [-0.1, -0.05) is 19.9 Å². The lowest BCUT2D eigenvalue weighted by molar-refractivity contribution is 0.618. The molecule has 0 bridgehead atoms. The SMILES string of the molecule is CC.Cc1ccc(C#N)cc1F. The van der Waals surface area contributed by atoms with Crippen molar-refractivity contribution in [2.45, 2.75) is 20.8 Å². The van der Waals surface area contributed by atoms with Crippen LogP contribution >= 0.6 is 0 Å². The van der Waals surface area contributed by atoms with E-state index in [1.165, 1.54) is 6.07 Å². The quantitative estimate of drug-likeness (QED) is 0.579. The number of rotatable bonds is 0. The minimum absolute atomic E-state index is 0.320. The van der Waals surface area contributed by atoms with Crippen molar-refractivity contribution in [3.05, 3.63) is 35.1 Å². The zero-order valence-corrected chi connectivity index (χ0v) is 7.56. The van der Waals surface area contributed by atoms with Crippen LogP contribution in [0.5, 0.6) is 0 Å². The molecule has 0 aromatic heterocycles. The molecule has 0 saturated heterocycles. The van der Waals surface area contributed by atoms with E-state index in [4.69, 9.17) is 5.26 Å². The number of nitriles is 1. The molecule has 0 saturated carbocycles. The minimum Gasteiger partial charge on any atom is -0.207 e. The van der Waals surface area contributed by atoms with Gasteiger partial charge in [0.1, 0.15) is 5.82 Å². The molecular weight excluding hydrogens is 153 g/mol. The molecule has 0 aliphatic carbocycles. The molecule has 0 spiro atoms.